The van der Waals surface area contributed by atoms with Gasteiger partial charge in [-0.2, -0.15) is 0 Å². The summed E-state index contributed by atoms with van der Waals surface area (Å²) in [5.41, 5.74) is 2.51. The highest BCUT2D eigenvalue weighted by molar-refractivity contribution is 5.58. The van der Waals surface area contributed by atoms with E-state index in [0.29, 0.717) is 0 Å². The largest absolute Gasteiger partial charge is 0.331 e. The molecule has 2 heteroatoms. The molecular formula is C17H22N2. The van der Waals surface area contributed by atoms with Crippen LogP contribution in [-0.2, 0) is 6.54 Å². The van der Waals surface area contributed by atoms with Crippen LogP contribution in [0.2, 0.25) is 0 Å². The van der Waals surface area contributed by atoms with Crippen molar-refractivity contribution in [3.8, 4) is 11.3 Å². The van der Waals surface area contributed by atoms with Gasteiger partial charge in [0, 0.05) is 6.54 Å². The van der Waals surface area contributed by atoms with Crippen LogP contribution in [-0.4, -0.2) is 9.55 Å². The monoisotopic (exact) mass is 254 g/mol. The Morgan fingerprint density at radius 2 is 1.84 bits per heavy atom. The van der Waals surface area contributed by atoms with E-state index in [1.54, 1.807) is 0 Å². The average molecular weight is 254 g/mol. The second-order valence-electron chi connectivity index (χ2n) is 5.63. The zero-order valence-electron chi connectivity index (χ0n) is 11.5. The van der Waals surface area contributed by atoms with Gasteiger partial charge in [0.1, 0.15) is 0 Å². The summed E-state index contributed by atoms with van der Waals surface area (Å²) in [5, 5.41) is 0. The van der Waals surface area contributed by atoms with Gasteiger partial charge in [-0.05, 0) is 17.9 Å². The van der Waals surface area contributed by atoms with Gasteiger partial charge in [-0.1, -0.05) is 62.4 Å². The fourth-order valence-electron chi connectivity index (χ4n) is 3.15. The summed E-state index contributed by atoms with van der Waals surface area (Å²) in [7, 11) is 0. The topological polar surface area (TPSA) is 17.8 Å². The smallest absolute Gasteiger partial charge is 0.0950 e. The Kier molecular flexibility index (Phi) is 3.97. The van der Waals surface area contributed by atoms with Gasteiger partial charge >= 0.3 is 0 Å². The molecule has 0 bridgehead atoms. The second kappa shape index (κ2) is 6.05. The van der Waals surface area contributed by atoms with Gasteiger partial charge in [-0.15, -0.1) is 0 Å². The molecule has 1 aliphatic rings. The van der Waals surface area contributed by atoms with Crippen molar-refractivity contribution in [1.82, 2.24) is 9.55 Å². The zero-order chi connectivity index (χ0) is 12.9. The van der Waals surface area contributed by atoms with Crippen LogP contribution in [0.4, 0.5) is 0 Å². The minimum atomic E-state index is 0.930. The van der Waals surface area contributed by atoms with Gasteiger partial charge in [0.05, 0.1) is 18.2 Å². The SMILES string of the molecule is c1ccc(-c2cncn2CCC2CCCCC2)cc1. The van der Waals surface area contributed by atoms with Crippen LogP contribution in [0.5, 0.6) is 0 Å². The van der Waals surface area contributed by atoms with Crippen molar-refractivity contribution < 1.29 is 0 Å². The van der Waals surface area contributed by atoms with Gasteiger partial charge in [-0.3, -0.25) is 0 Å². The maximum absolute atomic E-state index is 4.33. The molecule has 0 radical (unpaired) electrons. The lowest BCUT2D eigenvalue weighted by atomic mass is 9.87. The highest BCUT2D eigenvalue weighted by Gasteiger charge is 2.14. The predicted molar refractivity (Wildman–Crippen MR) is 78.9 cm³/mol. The molecule has 100 valence electrons. The van der Waals surface area contributed by atoms with Gasteiger partial charge in [0.15, 0.2) is 0 Å². The van der Waals surface area contributed by atoms with Crippen LogP contribution >= 0.6 is 0 Å². The second-order valence-corrected chi connectivity index (χ2v) is 5.63. The highest BCUT2D eigenvalue weighted by atomic mass is 15.0. The van der Waals surface area contributed by atoms with E-state index in [4.69, 9.17) is 0 Å². The summed E-state index contributed by atoms with van der Waals surface area (Å²) in [4.78, 5) is 4.33. The van der Waals surface area contributed by atoms with Gasteiger partial charge in [0.2, 0.25) is 0 Å². The first-order chi connectivity index (χ1) is 9.43. The lowest BCUT2D eigenvalue weighted by Crippen LogP contribution is -2.10. The Balaban J connectivity index is 1.67. The van der Waals surface area contributed by atoms with E-state index >= 15 is 0 Å². The molecular weight excluding hydrogens is 232 g/mol. The molecule has 0 saturated heterocycles. The Morgan fingerprint density at radius 1 is 1.05 bits per heavy atom. The third-order valence-electron chi connectivity index (χ3n) is 4.28. The zero-order valence-corrected chi connectivity index (χ0v) is 11.5. The van der Waals surface area contributed by atoms with E-state index in [2.05, 4.69) is 39.9 Å². The number of nitrogens with zero attached hydrogens (tertiary/aromatic N) is 2. The summed E-state index contributed by atoms with van der Waals surface area (Å²) in [6, 6.07) is 10.6. The van der Waals surface area contributed by atoms with E-state index in [9.17, 15) is 0 Å². The molecule has 1 aromatic heterocycles. The third kappa shape index (κ3) is 3.06. The van der Waals surface area contributed by atoms with E-state index in [1.807, 2.05) is 12.5 Å². The van der Waals surface area contributed by atoms with Crippen molar-refractivity contribution in [2.45, 2.75) is 45.1 Å². The molecule has 0 spiro atoms. The number of aryl methyl sites for hydroxylation is 1. The normalized spacial score (nSPS) is 16.6. The van der Waals surface area contributed by atoms with Gasteiger partial charge in [-0.25, -0.2) is 4.98 Å². The van der Waals surface area contributed by atoms with Gasteiger partial charge in [0.25, 0.3) is 0 Å². The number of hydrogen-bond acceptors (Lipinski definition) is 1. The predicted octanol–water partition coefficient (Wildman–Crippen LogP) is 4.52. The first kappa shape index (κ1) is 12.5. The van der Waals surface area contributed by atoms with Crippen molar-refractivity contribution in [2.75, 3.05) is 0 Å². The number of aromatic nitrogens is 2. The van der Waals surface area contributed by atoms with Crippen molar-refractivity contribution in [3.05, 3.63) is 42.9 Å². The molecule has 1 fully saturated rings. The average Bonchev–Trinajstić information content (AvgIpc) is 2.95. The van der Waals surface area contributed by atoms with Crippen LogP contribution in [0.3, 0.4) is 0 Å². The molecule has 0 N–H and O–H groups in total. The fourth-order valence-corrected chi connectivity index (χ4v) is 3.15. The molecule has 2 aromatic rings. The number of hydrogen-bond donors (Lipinski definition) is 0. The first-order valence-corrected chi connectivity index (χ1v) is 7.49. The Hall–Kier alpha value is -1.57. The van der Waals surface area contributed by atoms with E-state index in [-0.39, 0.29) is 0 Å². The van der Waals surface area contributed by atoms with Gasteiger partial charge < -0.3 is 4.57 Å². The molecule has 1 heterocycles. The Bertz CT molecular complexity index is 495. The molecule has 0 amide bonds. The lowest BCUT2D eigenvalue weighted by molar-refractivity contribution is 0.324. The minimum absolute atomic E-state index is 0.930. The minimum Gasteiger partial charge on any atom is -0.331 e. The van der Waals surface area contributed by atoms with Crippen LogP contribution in [0, 0.1) is 5.92 Å². The molecule has 3 rings (SSSR count). The van der Waals surface area contributed by atoms with Crippen molar-refractivity contribution in [2.24, 2.45) is 5.92 Å². The van der Waals surface area contributed by atoms with E-state index in [0.717, 1.165) is 12.5 Å². The maximum Gasteiger partial charge on any atom is 0.0950 e. The summed E-state index contributed by atoms with van der Waals surface area (Å²) < 4.78 is 2.31. The highest BCUT2D eigenvalue weighted by Crippen LogP contribution is 2.27. The summed E-state index contributed by atoms with van der Waals surface area (Å²) in [5.74, 6) is 0.930. The number of benzene rings is 1. The van der Waals surface area contributed by atoms with Crippen LogP contribution in [0.15, 0.2) is 42.9 Å². The van der Waals surface area contributed by atoms with Crippen LogP contribution in [0.1, 0.15) is 38.5 Å². The number of imidazole rings is 1. The molecule has 1 aliphatic carbocycles. The quantitative estimate of drug-likeness (QED) is 0.784. The summed E-state index contributed by atoms with van der Waals surface area (Å²) in [6.07, 6.45) is 12.4. The third-order valence-corrected chi connectivity index (χ3v) is 4.28. The Labute approximate surface area is 115 Å². The number of rotatable bonds is 4. The van der Waals surface area contributed by atoms with E-state index < -0.39 is 0 Å². The lowest BCUT2D eigenvalue weighted by Gasteiger charge is -2.21. The maximum atomic E-state index is 4.33. The molecule has 0 unspecified atom stereocenters. The Morgan fingerprint density at radius 3 is 2.63 bits per heavy atom. The van der Waals surface area contributed by atoms with E-state index in [1.165, 1.54) is 49.8 Å². The summed E-state index contributed by atoms with van der Waals surface area (Å²) in [6.45, 7) is 1.11. The molecule has 0 aliphatic heterocycles. The molecule has 2 nitrogen and oxygen atoms in total. The van der Waals surface area contributed by atoms with Crippen LogP contribution < -0.4 is 0 Å². The molecule has 0 atom stereocenters. The standard InChI is InChI=1S/C17H22N2/c1-3-7-15(8-4-1)11-12-19-14-18-13-17(19)16-9-5-2-6-10-16/h2,5-6,9-10,13-15H,1,3-4,7-8,11-12H2. The van der Waals surface area contributed by atoms with Crippen molar-refractivity contribution in [3.63, 3.8) is 0 Å². The molecule has 1 saturated carbocycles. The van der Waals surface area contributed by atoms with Crippen molar-refractivity contribution in [1.29, 1.82) is 0 Å². The van der Waals surface area contributed by atoms with Crippen molar-refractivity contribution >= 4 is 0 Å². The fraction of sp³-hybridized carbons (Fsp3) is 0.471. The summed E-state index contributed by atoms with van der Waals surface area (Å²) >= 11 is 0. The first-order valence-electron chi connectivity index (χ1n) is 7.49. The molecule has 19 heavy (non-hydrogen) atoms. The van der Waals surface area contributed by atoms with Crippen LogP contribution in [0.25, 0.3) is 11.3 Å². The molecule has 1 aromatic carbocycles.